The van der Waals surface area contributed by atoms with Crippen molar-refractivity contribution in [3.63, 3.8) is 0 Å². The summed E-state index contributed by atoms with van der Waals surface area (Å²) in [7, 11) is -4.74. The van der Waals surface area contributed by atoms with E-state index in [9.17, 15) is 28.9 Å². The highest BCUT2D eigenvalue weighted by Crippen LogP contribution is 2.43. The molecule has 0 aromatic heterocycles. The second-order valence-electron chi connectivity index (χ2n) is 19.8. The van der Waals surface area contributed by atoms with E-state index < -0.39 is 57.8 Å². The zero-order chi connectivity index (χ0) is 51.3. The summed E-state index contributed by atoms with van der Waals surface area (Å²) in [6.07, 6.45) is 52.7. The predicted octanol–water partition coefficient (Wildman–Crippen LogP) is 17.0. The minimum Gasteiger partial charge on any atom is -0.462 e. The number of unbranched alkanes of at least 4 members (excludes halogenated alkanes) is 34. The van der Waals surface area contributed by atoms with Crippen molar-refractivity contribution in [1.82, 2.24) is 0 Å². The predicted molar refractivity (Wildman–Crippen MR) is 289 cm³/mol. The lowest BCUT2D eigenvalue weighted by Gasteiger charge is -2.21. The van der Waals surface area contributed by atoms with Crippen LogP contribution >= 0.6 is 7.82 Å². The SMILES string of the molecule is CCCCC/C=C\C/C=C\CCCCCCCCCC(=O)OCC(COP(=O)(O)OCC(CO)OC(=O)CCCCCCCCCCCCCCC)OC(=O)CCCCCCCCCCCCCCC. The van der Waals surface area contributed by atoms with Gasteiger partial charge in [0.05, 0.1) is 19.8 Å². The Morgan fingerprint density at radius 3 is 1.09 bits per heavy atom. The number of hydrogen-bond acceptors (Lipinski definition) is 10. The van der Waals surface area contributed by atoms with Crippen LogP contribution in [-0.4, -0.2) is 66.5 Å². The number of phosphoric acid groups is 1. The average Bonchev–Trinajstić information content (AvgIpc) is 3.35. The first-order chi connectivity index (χ1) is 34.2. The zero-order valence-corrected chi connectivity index (χ0v) is 46.4. The Morgan fingerprint density at radius 2 is 0.700 bits per heavy atom. The first kappa shape index (κ1) is 68.0. The molecule has 3 unspecified atom stereocenters. The van der Waals surface area contributed by atoms with Crippen LogP contribution < -0.4 is 0 Å². The number of carbonyl (C=O) groups excluding carboxylic acids is 3. The lowest BCUT2D eigenvalue weighted by molar-refractivity contribution is -0.161. The summed E-state index contributed by atoms with van der Waals surface area (Å²) in [4.78, 5) is 48.5. The topological polar surface area (TPSA) is 155 Å². The third-order valence-corrected chi connectivity index (χ3v) is 13.8. The lowest BCUT2D eigenvalue weighted by Crippen LogP contribution is -2.30. The molecule has 0 spiro atoms. The summed E-state index contributed by atoms with van der Waals surface area (Å²) in [6, 6.07) is 0. The van der Waals surface area contributed by atoms with Crippen LogP contribution in [0.15, 0.2) is 24.3 Å². The molecule has 0 aliphatic rings. The molecular weight excluding hydrogens is 904 g/mol. The van der Waals surface area contributed by atoms with Gasteiger partial charge in [0.15, 0.2) is 6.10 Å². The molecule has 0 amide bonds. The number of aliphatic hydroxyl groups is 1. The van der Waals surface area contributed by atoms with Crippen LogP contribution in [0.1, 0.15) is 290 Å². The molecule has 0 fully saturated rings. The minimum atomic E-state index is -4.74. The van der Waals surface area contributed by atoms with Crippen LogP contribution in [-0.2, 0) is 42.2 Å². The molecule has 12 heteroatoms. The lowest BCUT2D eigenvalue weighted by atomic mass is 10.0. The van der Waals surface area contributed by atoms with Crippen molar-refractivity contribution in [1.29, 1.82) is 0 Å². The third-order valence-electron chi connectivity index (χ3n) is 12.9. The molecule has 0 aromatic carbocycles. The molecule has 11 nitrogen and oxygen atoms in total. The molecular formula is C58H109O11P. The Morgan fingerprint density at radius 1 is 0.400 bits per heavy atom. The van der Waals surface area contributed by atoms with Gasteiger partial charge in [-0.3, -0.25) is 23.4 Å². The maximum atomic E-state index is 12.9. The Kier molecular flexibility index (Phi) is 51.7. The molecule has 0 heterocycles. The van der Waals surface area contributed by atoms with E-state index in [4.69, 9.17) is 23.3 Å². The second kappa shape index (κ2) is 53.3. The largest absolute Gasteiger partial charge is 0.472 e. The normalized spacial score (nSPS) is 13.5. The molecule has 0 aliphatic carbocycles. The second-order valence-corrected chi connectivity index (χ2v) is 21.3. The molecule has 0 aliphatic heterocycles. The van der Waals surface area contributed by atoms with Crippen molar-refractivity contribution in [2.24, 2.45) is 0 Å². The van der Waals surface area contributed by atoms with E-state index in [0.29, 0.717) is 19.3 Å². The van der Waals surface area contributed by atoms with Crippen LogP contribution in [0.4, 0.5) is 0 Å². The van der Waals surface area contributed by atoms with Gasteiger partial charge in [-0.1, -0.05) is 244 Å². The van der Waals surface area contributed by atoms with E-state index in [2.05, 4.69) is 45.1 Å². The van der Waals surface area contributed by atoms with Crippen molar-refractivity contribution in [2.75, 3.05) is 26.4 Å². The highest BCUT2D eigenvalue weighted by atomic mass is 31.2. The fourth-order valence-electron chi connectivity index (χ4n) is 8.39. The smallest absolute Gasteiger partial charge is 0.462 e. The quantitative estimate of drug-likeness (QED) is 0.0197. The number of esters is 3. The summed E-state index contributed by atoms with van der Waals surface area (Å²) in [5.74, 6) is -1.45. The van der Waals surface area contributed by atoms with Gasteiger partial charge in [-0.15, -0.1) is 0 Å². The van der Waals surface area contributed by atoms with E-state index >= 15 is 0 Å². The van der Waals surface area contributed by atoms with Gasteiger partial charge in [-0.2, -0.15) is 0 Å². The molecule has 412 valence electrons. The van der Waals surface area contributed by atoms with E-state index in [1.165, 1.54) is 161 Å². The van der Waals surface area contributed by atoms with Crippen LogP contribution in [0.3, 0.4) is 0 Å². The Labute approximate surface area is 429 Å². The van der Waals surface area contributed by atoms with Crippen molar-refractivity contribution >= 4 is 25.7 Å². The van der Waals surface area contributed by atoms with Crippen LogP contribution in [0.5, 0.6) is 0 Å². The number of ether oxygens (including phenoxy) is 3. The van der Waals surface area contributed by atoms with Gasteiger partial charge in [0.2, 0.25) is 0 Å². The standard InChI is InChI=1S/C58H109O11P/c1-4-7-10-13-16-19-22-25-26-27-28-31-32-35-38-41-44-47-56(60)65-51-55(69-58(62)49-46-43-40-37-34-30-24-21-18-15-12-9-6-3)53-67-70(63,64)66-52-54(50-59)68-57(61)48-45-42-39-36-33-29-23-20-17-14-11-8-5-2/h16,19,25-26,54-55,59H,4-15,17-18,20-24,27-53H2,1-3H3,(H,63,64)/b19-16-,26-25-. The molecule has 0 saturated carbocycles. The van der Waals surface area contributed by atoms with Crippen molar-refractivity contribution in [2.45, 2.75) is 303 Å². The highest BCUT2D eigenvalue weighted by molar-refractivity contribution is 7.47. The molecule has 0 radical (unpaired) electrons. The Hall–Kier alpha value is -2.04. The third kappa shape index (κ3) is 50.9. The van der Waals surface area contributed by atoms with Gasteiger partial charge in [-0.25, -0.2) is 4.57 Å². The summed E-state index contributed by atoms with van der Waals surface area (Å²) < 4.78 is 39.5. The molecule has 0 saturated heterocycles. The number of allylic oxidation sites excluding steroid dienone is 4. The number of aliphatic hydroxyl groups excluding tert-OH is 1. The van der Waals surface area contributed by atoms with Gasteiger partial charge in [-0.05, 0) is 51.4 Å². The molecule has 70 heavy (non-hydrogen) atoms. The van der Waals surface area contributed by atoms with E-state index in [1.807, 2.05) is 0 Å². The Balaban J connectivity index is 4.68. The van der Waals surface area contributed by atoms with Crippen molar-refractivity contribution in [3.05, 3.63) is 24.3 Å². The van der Waals surface area contributed by atoms with Gasteiger partial charge >= 0.3 is 25.7 Å². The van der Waals surface area contributed by atoms with E-state index in [1.54, 1.807) is 0 Å². The van der Waals surface area contributed by atoms with E-state index in [-0.39, 0.29) is 25.9 Å². The summed E-state index contributed by atoms with van der Waals surface area (Å²) >= 11 is 0. The summed E-state index contributed by atoms with van der Waals surface area (Å²) in [5, 5.41) is 9.80. The fourth-order valence-corrected chi connectivity index (χ4v) is 9.17. The van der Waals surface area contributed by atoms with Gasteiger partial charge in [0.1, 0.15) is 12.7 Å². The first-order valence-corrected chi connectivity index (χ1v) is 30.7. The maximum absolute atomic E-state index is 12.9. The van der Waals surface area contributed by atoms with Gasteiger partial charge in [0.25, 0.3) is 0 Å². The van der Waals surface area contributed by atoms with Crippen LogP contribution in [0.2, 0.25) is 0 Å². The first-order valence-electron chi connectivity index (χ1n) is 29.2. The minimum absolute atomic E-state index is 0.173. The Bertz CT molecular complexity index is 1270. The average molecular weight is 1010 g/mol. The molecule has 2 N–H and O–H groups in total. The molecule has 0 bridgehead atoms. The van der Waals surface area contributed by atoms with Crippen LogP contribution in [0, 0.1) is 0 Å². The number of phosphoric ester groups is 1. The zero-order valence-electron chi connectivity index (χ0n) is 45.5. The fraction of sp³-hybridized carbons (Fsp3) is 0.879. The van der Waals surface area contributed by atoms with Crippen molar-refractivity contribution in [3.8, 4) is 0 Å². The van der Waals surface area contributed by atoms with Gasteiger partial charge < -0.3 is 24.2 Å². The number of rotatable bonds is 55. The van der Waals surface area contributed by atoms with Crippen molar-refractivity contribution < 1.29 is 52.2 Å². The van der Waals surface area contributed by atoms with Crippen LogP contribution in [0.25, 0.3) is 0 Å². The van der Waals surface area contributed by atoms with E-state index in [0.717, 1.165) is 70.6 Å². The molecule has 3 atom stereocenters. The van der Waals surface area contributed by atoms with Gasteiger partial charge in [0, 0.05) is 19.3 Å². The monoisotopic (exact) mass is 1010 g/mol. The maximum Gasteiger partial charge on any atom is 0.472 e. The molecule has 0 rings (SSSR count). The summed E-state index contributed by atoms with van der Waals surface area (Å²) in [6.45, 7) is 4.66. The molecule has 0 aromatic rings. The number of carbonyl (C=O) groups is 3. The highest BCUT2D eigenvalue weighted by Gasteiger charge is 2.28. The summed E-state index contributed by atoms with van der Waals surface area (Å²) in [5.41, 5.74) is 0. The number of hydrogen-bond donors (Lipinski definition) is 2.